The van der Waals surface area contributed by atoms with Gasteiger partial charge in [0.05, 0.1) is 19.1 Å². The summed E-state index contributed by atoms with van der Waals surface area (Å²) in [4.78, 5) is 47.5. The highest BCUT2D eigenvalue weighted by Gasteiger charge is 2.28. The molecule has 0 aliphatic heterocycles. The molecule has 0 aromatic heterocycles. The van der Waals surface area contributed by atoms with Crippen LogP contribution in [0, 0.1) is 5.92 Å². The van der Waals surface area contributed by atoms with Crippen molar-refractivity contribution in [3.8, 4) is 0 Å². The number of hydrogen-bond acceptors (Lipinski definition) is 6. The summed E-state index contributed by atoms with van der Waals surface area (Å²) in [5.74, 6) is -0.596. The van der Waals surface area contributed by atoms with Crippen LogP contribution in [0.5, 0.6) is 0 Å². The van der Waals surface area contributed by atoms with Gasteiger partial charge in [-0.25, -0.2) is 4.79 Å². The Kier molecular flexibility index (Phi) is 11.4. The van der Waals surface area contributed by atoms with Crippen LogP contribution in [0.15, 0.2) is 24.3 Å². The van der Waals surface area contributed by atoms with Gasteiger partial charge in [-0.3, -0.25) is 14.4 Å². The van der Waals surface area contributed by atoms with E-state index >= 15 is 0 Å². The van der Waals surface area contributed by atoms with Crippen LogP contribution in [0.2, 0.25) is 0 Å². The van der Waals surface area contributed by atoms with Crippen molar-refractivity contribution in [2.45, 2.75) is 58.4 Å². The third-order valence-corrected chi connectivity index (χ3v) is 5.25. The lowest BCUT2D eigenvalue weighted by Gasteiger charge is -2.19. The Morgan fingerprint density at radius 2 is 1.78 bits per heavy atom. The molecule has 1 aromatic rings. The largest absolute Gasteiger partial charge is 0.449 e. The van der Waals surface area contributed by atoms with E-state index in [4.69, 9.17) is 9.47 Å². The minimum absolute atomic E-state index is 0.000102. The molecule has 1 aliphatic carbocycles. The Balaban J connectivity index is 1.58. The van der Waals surface area contributed by atoms with Crippen molar-refractivity contribution < 1.29 is 28.7 Å². The summed E-state index contributed by atoms with van der Waals surface area (Å²) in [6.45, 7) is 3.39. The minimum Gasteiger partial charge on any atom is -0.449 e. The zero-order chi connectivity index (χ0) is 23.2. The topological polar surface area (TPSA) is 111 Å². The fourth-order valence-electron chi connectivity index (χ4n) is 3.44. The number of amides is 2. The molecule has 8 nitrogen and oxygen atoms in total. The van der Waals surface area contributed by atoms with E-state index < -0.39 is 12.0 Å². The van der Waals surface area contributed by atoms with Crippen molar-refractivity contribution >= 4 is 23.6 Å². The van der Waals surface area contributed by atoms with E-state index in [1.165, 1.54) is 0 Å². The molecule has 2 N–H and O–H groups in total. The predicted octanol–water partition coefficient (Wildman–Crippen LogP) is 2.72. The van der Waals surface area contributed by atoms with Gasteiger partial charge >= 0.3 is 6.09 Å². The molecule has 0 radical (unpaired) electrons. The van der Waals surface area contributed by atoms with Crippen LogP contribution in [-0.4, -0.2) is 49.9 Å². The molecule has 1 aromatic carbocycles. The number of nitrogens with one attached hydrogen (secondary N) is 2. The quantitative estimate of drug-likeness (QED) is 0.356. The second kappa shape index (κ2) is 14.3. The highest BCUT2D eigenvalue weighted by molar-refractivity contribution is 6.03. The van der Waals surface area contributed by atoms with E-state index in [0.29, 0.717) is 39.0 Å². The zero-order valence-corrected chi connectivity index (χ0v) is 18.8. The Morgan fingerprint density at radius 3 is 2.50 bits per heavy atom. The number of carbonyl (C=O) groups excluding carboxylic acids is 4. The third-order valence-electron chi connectivity index (χ3n) is 5.25. The molecule has 0 bridgehead atoms. The molecule has 1 fully saturated rings. The maximum atomic E-state index is 12.4. The number of ether oxygens (including phenoxy) is 2. The highest BCUT2D eigenvalue weighted by Crippen LogP contribution is 2.22. The molecule has 0 heterocycles. The van der Waals surface area contributed by atoms with Gasteiger partial charge in [0.2, 0.25) is 5.91 Å². The Bertz CT molecular complexity index is 762. The summed E-state index contributed by atoms with van der Waals surface area (Å²) in [6.07, 6.45) is 4.20. The lowest BCUT2D eigenvalue weighted by molar-refractivity contribution is -0.134. The number of ketones is 2. The van der Waals surface area contributed by atoms with Gasteiger partial charge in [-0.1, -0.05) is 37.6 Å². The summed E-state index contributed by atoms with van der Waals surface area (Å²) in [5.41, 5.74) is 1.78. The Morgan fingerprint density at radius 1 is 1.03 bits per heavy atom. The first kappa shape index (κ1) is 25.5. The lowest BCUT2D eigenvalue weighted by atomic mass is 9.83. The van der Waals surface area contributed by atoms with Gasteiger partial charge in [-0.05, 0) is 30.4 Å². The lowest BCUT2D eigenvalue weighted by Crippen LogP contribution is -2.28. The maximum absolute atomic E-state index is 12.4. The minimum atomic E-state index is -0.442. The van der Waals surface area contributed by atoms with Crippen LogP contribution in [0.4, 0.5) is 4.79 Å². The van der Waals surface area contributed by atoms with Crippen LogP contribution in [0.1, 0.15) is 56.6 Å². The van der Waals surface area contributed by atoms with Crippen LogP contribution < -0.4 is 10.6 Å². The molecule has 1 unspecified atom stereocenters. The van der Waals surface area contributed by atoms with Gasteiger partial charge in [0.15, 0.2) is 0 Å². The zero-order valence-electron chi connectivity index (χ0n) is 18.8. The summed E-state index contributed by atoms with van der Waals surface area (Å²) in [5, 5.41) is 5.38. The normalized spacial score (nSPS) is 15.8. The van der Waals surface area contributed by atoms with Gasteiger partial charge in [-0.15, -0.1) is 0 Å². The summed E-state index contributed by atoms with van der Waals surface area (Å²) in [6, 6.07) is 7.46. The standard InChI is InChI=1S/C24H34N2O6/c1-2-12-25-24(30)32-14-5-13-31-17-23(29)26-16-19-10-8-18(9-11-19)15-22(28)20-6-3-4-7-21(20)27/h8-11,20H,2-7,12-17H2,1H3,(H,25,30)(H,26,29). The molecule has 1 saturated carbocycles. The molecule has 1 aliphatic rings. The van der Waals surface area contributed by atoms with Gasteiger partial charge in [0, 0.05) is 32.4 Å². The number of Topliss-reactive ketones (excluding diaryl/α,β-unsaturated/α-hetero) is 2. The molecule has 1 atom stereocenters. The fourth-order valence-corrected chi connectivity index (χ4v) is 3.44. The number of hydrogen-bond donors (Lipinski definition) is 2. The summed E-state index contributed by atoms with van der Waals surface area (Å²) in [7, 11) is 0. The van der Waals surface area contributed by atoms with Crippen LogP contribution in [0.3, 0.4) is 0 Å². The van der Waals surface area contributed by atoms with E-state index in [1.54, 1.807) is 0 Å². The molecule has 176 valence electrons. The summed E-state index contributed by atoms with van der Waals surface area (Å²) < 4.78 is 10.2. The van der Waals surface area contributed by atoms with Crippen molar-refractivity contribution in [2.75, 3.05) is 26.4 Å². The average molecular weight is 447 g/mol. The van der Waals surface area contributed by atoms with E-state index in [1.807, 2.05) is 31.2 Å². The predicted molar refractivity (Wildman–Crippen MR) is 119 cm³/mol. The van der Waals surface area contributed by atoms with Crippen molar-refractivity contribution in [1.29, 1.82) is 0 Å². The number of benzene rings is 1. The molecule has 2 rings (SSSR count). The highest BCUT2D eigenvalue weighted by atomic mass is 16.5. The van der Waals surface area contributed by atoms with E-state index in [2.05, 4.69) is 10.6 Å². The van der Waals surface area contributed by atoms with Gasteiger partial charge < -0.3 is 20.1 Å². The Labute approximate surface area is 189 Å². The second-order valence-electron chi connectivity index (χ2n) is 7.97. The second-order valence-corrected chi connectivity index (χ2v) is 7.97. The van der Waals surface area contributed by atoms with E-state index in [9.17, 15) is 19.2 Å². The molecule has 0 saturated heterocycles. The SMILES string of the molecule is CCCNC(=O)OCCCOCC(=O)NCc1ccc(CC(=O)C2CCCCC2=O)cc1. The van der Waals surface area contributed by atoms with E-state index in [-0.39, 0.29) is 37.1 Å². The van der Waals surface area contributed by atoms with E-state index in [0.717, 1.165) is 30.4 Å². The number of carbonyl (C=O) groups is 4. The molecule has 2 amide bonds. The number of alkyl carbamates (subject to hydrolysis) is 1. The first-order chi connectivity index (χ1) is 15.5. The van der Waals surface area contributed by atoms with Crippen LogP contribution in [0.25, 0.3) is 0 Å². The van der Waals surface area contributed by atoms with Crippen LogP contribution >= 0.6 is 0 Å². The van der Waals surface area contributed by atoms with Gasteiger partial charge in [0.1, 0.15) is 18.2 Å². The molecular formula is C24H34N2O6. The number of rotatable bonds is 13. The molecule has 0 spiro atoms. The molecular weight excluding hydrogens is 412 g/mol. The van der Waals surface area contributed by atoms with Crippen molar-refractivity contribution in [1.82, 2.24) is 10.6 Å². The summed E-state index contributed by atoms with van der Waals surface area (Å²) >= 11 is 0. The molecule has 8 heteroatoms. The monoisotopic (exact) mass is 446 g/mol. The smallest absolute Gasteiger partial charge is 0.407 e. The van der Waals surface area contributed by atoms with Crippen LogP contribution in [-0.2, 0) is 36.8 Å². The van der Waals surface area contributed by atoms with Crippen molar-refractivity contribution in [2.24, 2.45) is 5.92 Å². The fraction of sp³-hybridized carbons (Fsp3) is 0.583. The average Bonchev–Trinajstić information content (AvgIpc) is 2.79. The van der Waals surface area contributed by atoms with Gasteiger partial charge in [-0.2, -0.15) is 0 Å². The maximum Gasteiger partial charge on any atom is 0.407 e. The van der Waals surface area contributed by atoms with Gasteiger partial charge in [0.25, 0.3) is 0 Å². The first-order valence-electron chi connectivity index (χ1n) is 11.4. The van der Waals surface area contributed by atoms with Crippen molar-refractivity contribution in [3.63, 3.8) is 0 Å². The first-order valence-corrected chi connectivity index (χ1v) is 11.4. The van der Waals surface area contributed by atoms with Crippen molar-refractivity contribution in [3.05, 3.63) is 35.4 Å². The molecule has 32 heavy (non-hydrogen) atoms. The Hall–Kier alpha value is -2.74. The third kappa shape index (κ3) is 9.60.